The third-order valence-corrected chi connectivity index (χ3v) is 5.48. The zero-order valence-corrected chi connectivity index (χ0v) is 14.9. The van der Waals surface area contributed by atoms with Crippen LogP contribution in [-0.4, -0.2) is 23.3 Å². The van der Waals surface area contributed by atoms with E-state index < -0.39 is 0 Å². The number of nitrogens with one attached hydrogen (secondary N) is 1. The predicted molar refractivity (Wildman–Crippen MR) is 98.8 cm³/mol. The highest BCUT2D eigenvalue weighted by molar-refractivity contribution is 5.93. The summed E-state index contributed by atoms with van der Waals surface area (Å²) in [5, 5.41) is 3.07. The van der Waals surface area contributed by atoms with Crippen LogP contribution in [0.1, 0.15) is 53.8 Å². The van der Waals surface area contributed by atoms with Crippen LogP contribution in [0, 0.1) is 5.92 Å². The molecule has 0 bridgehead atoms. The van der Waals surface area contributed by atoms with Gasteiger partial charge in [0.1, 0.15) is 0 Å². The smallest absolute Gasteiger partial charge is 0.289 e. The van der Waals surface area contributed by atoms with Crippen molar-refractivity contribution in [2.45, 2.75) is 45.1 Å². The van der Waals surface area contributed by atoms with Crippen LogP contribution in [0.5, 0.6) is 0 Å². The average Bonchev–Trinajstić information content (AvgIpc) is 3.22. The maximum absolute atomic E-state index is 12.5. The highest BCUT2D eigenvalue weighted by atomic mass is 16.3. The first-order valence-electron chi connectivity index (χ1n) is 9.46. The number of hydrogen-bond acceptors (Lipinski definition) is 3. The van der Waals surface area contributed by atoms with Gasteiger partial charge in [-0.05, 0) is 54.7 Å². The second kappa shape index (κ2) is 7.36. The highest BCUT2D eigenvalue weighted by Crippen LogP contribution is 2.27. The second-order valence-corrected chi connectivity index (χ2v) is 7.26. The normalized spacial score (nSPS) is 17.6. The first-order chi connectivity index (χ1) is 12.7. The van der Waals surface area contributed by atoms with Gasteiger partial charge in [-0.15, -0.1) is 0 Å². The fourth-order valence-electron chi connectivity index (χ4n) is 3.97. The van der Waals surface area contributed by atoms with Crippen molar-refractivity contribution in [1.82, 2.24) is 4.90 Å². The molecular weight excluding hydrogens is 328 g/mol. The number of carbonyl (C=O) groups excluding carboxylic acids is 2. The van der Waals surface area contributed by atoms with Crippen molar-refractivity contribution in [1.29, 1.82) is 0 Å². The van der Waals surface area contributed by atoms with E-state index in [1.165, 1.54) is 18.2 Å². The van der Waals surface area contributed by atoms with Gasteiger partial charge in [0, 0.05) is 24.7 Å². The minimum absolute atomic E-state index is 0.0858. The van der Waals surface area contributed by atoms with E-state index in [1.807, 2.05) is 12.1 Å². The predicted octanol–water partition coefficient (Wildman–Crippen LogP) is 4.00. The summed E-state index contributed by atoms with van der Waals surface area (Å²) < 4.78 is 5.23. The fraction of sp³-hybridized carbons (Fsp3) is 0.429. The van der Waals surface area contributed by atoms with Gasteiger partial charge in [0.25, 0.3) is 5.91 Å². The maximum atomic E-state index is 12.5. The van der Waals surface area contributed by atoms with E-state index in [0.29, 0.717) is 18.8 Å². The van der Waals surface area contributed by atoms with Crippen molar-refractivity contribution in [3.05, 3.63) is 53.5 Å². The van der Waals surface area contributed by atoms with Gasteiger partial charge in [0.05, 0.1) is 6.26 Å². The van der Waals surface area contributed by atoms with E-state index in [-0.39, 0.29) is 17.7 Å². The monoisotopic (exact) mass is 352 g/mol. The van der Waals surface area contributed by atoms with Crippen LogP contribution in [0.4, 0.5) is 5.69 Å². The van der Waals surface area contributed by atoms with Gasteiger partial charge in [0.15, 0.2) is 5.76 Å². The maximum Gasteiger partial charge on any atom is 0.289 e. The summed E-state index contributed by atoms with van der Waals surface area (Å²) in [7, 11) is 0. The molecule has 2 amide bonds. The molecule has 1 aliphatic carbocycles. The van der Waals surface area contributed by atoms with Gasteiger partial charge in [-0.3, -0.25) is 9.59 Å². The standard InChI is InChI=1S/C21H24N2O3/c24-20(16-5-2-1-3-6-16)22-18-9-8-15-10-11-23(14-17(15)13-18)21(25)19-7-4-12-26-19/h4,7-9,12-13,16H,1-3,5-6,10-11,14H2,(H,22,24). The molecule has 1 saturated carbocycles. The zero-order chi connectivity index (χ0) is 17.9. The lowest BCUT2D eigenvalue weighted by Gasteiger charge is -2.29. The molecule has 1 aromatic heterocycles. The van der Waals surface area contributed by atoms with Gasteiger partial charge in [0.2, 0.25) is 5.91 Å². The lowest BCUT2D eigenvalue weighted by atomic mass is 9.88. The number of benzene rings is 1. The molecule has 1 fully saturated rings. The molecule has 5 heteroatoms. The molecule has 0 unspecified atom stereocenters. The molecule has 26 heavy (non-hydrogen) atoms. The molecule has 2 heterocycles. The lowest BCUT2D eigenvalue weighted by molar-refractivity contribution is -0.120. The van der Waals surface area contributed by atoms with Crippen LogP contribution >= 0.6 is 0 Å². The molecule has 0 spiro atoms. The Hall–Kier alpha value is -2.56. The fourth-order valence-corrected chi connectivity index (χ4v) is 3.97. The summed E-state index contributed by atoms with van der Waals surface area (Å²) in [5.41, 5.74) is 3.16. The molecule has 2 aromatic rings. The summed E-state index contributed by atoms with van der Waals surface area (Å²) in [6.07, 6.45) is 7.84. The SMILES string of the molecule is O=C(Nc1ccc2c(c1)CN(C(=O)c1ccco1)CC2)C1CCCCC1. The van der Waals surface area contributed by atoms with Crippen LogP contribution in [0.2, 0.25) is 0 Å². The minimum Gasteiger partial charge on any atom is -0.459 e. The molecule has 136 valence electrons. The van der Waals surface area contributed by atoms with Crippen LogP contribution in [0.15, 0.2) is 41.0 Å². The number of carbonyl (C=O) groups is 2. The van der Waals surface area contributed by atoms with Gasteiger partial charge in [-0.2, -0.15) is 0 Å². The van der Waals surface area contributed by atoms with E-state index in [0.717, 1.165) is 43.4 Å². The van der Waals surface area contributed by atoms with Crippen LogP contribution in [0.3, 0.4) is 0 Å². The van der Waals surface area contributed by atoms with Crippen molar-refractivity contribution < 1.29 is 14.0 Å². The molecule has 0 saturated heterocycles. The molecule has 1 aliphatic heterocycles. The van der Waals surface area contributed by atoms with E-state index in [1.54, 1.807) is 17.0 Å². The van der Waals surface area contributed by atoms with Crippen molar-refractivity contribution >= 4 is 17.5 Å². The average molecular weight is 352 g/mol. The number of amides is 2. The Morgan fingerprint density at radius 3 is 2.69 bits per heavy atom. The molecule has 4 rings (SSSR count). The van der Waals surface area contributed by atoms with Gasteiger partial charge in [-0.1, -0.05) is 25.3 Å². The zero-order valence-electron chi connectivity index (χ0n) is 14.9. The first-order valence-corrected chi connectivity index (χ1v) is 9.46. The van der Waals surface area contributed by atoms with Gasteiger partial charge in [-0.25, -0.2) is 0 Å². The third-order valence-electron chi connectivity index (χ3n) is 5.48. The number of hydrogen-bond donors (Lipinski definition) is 1. The van der Waals surface area contributed by atoms with Gasteiger partial charge < -0.3 is 14.6 Å². The van der Waals surface area contributed by atoms with Crippen LogP contribution in [0.25, 0.3) is 0 Å². The van der Waals surface area contributed by atoms with E-state index in [2.05, 4.69) is 11.4 Å². The van der Waals surface area contributed by atoms with Gasteiger partial charge >= 0.3 is 0 Å². The largest absolute Gasteiger partial charge is 0.459 e. The molecule has 0 atom stereocenters. The Morgan fingerprint density at radius 2 is 1.92 bits per heavy atom. The molecule has 1 N–H and O–H groups in total. The second-order valence-electron chi connectivity index (χ2n) is 7.26. The van der Waals surface area contributed by atoms with Crippen molar-refractivity contribution in [3.63, 3.8) is 0 Å². The summed E-state index contributed by atoms with van der Waals surface area (Å²) >= 11 is 0. The Labute approximate surface area is 153 Å². The Balaban J connectivity index is 1.45. The quantitative estimate of drug-likeness (QED) is 0.908. The highest BCUT2D eigenvalue weighted by Gasteiger charge is 2.25. The number of anilines is 1. The number of fused-ring (bicyclic) bond motifs is 1. The van der Waals surface area contributed by atoms with Crippen LogP contribution < -0.4 is 5.32 Å². The van der Waals surface area contributed by atoms with E-state index >= 15 is 0 Å². The van der Waals surface area contributed by atoms with Crippen molar-refractivity contribution in [2.75, 3.05) is 11.9 Å². The van der Waals surface area contributed by atoms with Crippen LogP contribution in [-0.2, 0) is 17.8 Å². The molecule has 2 aliphatic rings. The summed E-state index contributed by atoms with van der Waals surface area (Å²) in [6, 6.07) is 9.48. The molecule has 0 radical (unpaired) electrons. The Morgan fingerprint density at radius 1 is 1.08 bits per heavy atom. The molecular formula is C21H24N2O3. The summed E-state index contributed by atoms with van der Waals surface area (Å²) in [6.45, 7) is 1.22. The number of furan rings is 1. The number of rotatable bonds is 3. The topological polar surface area (TPSA) is 62.6 Å². The molecule has 1 aromatic carbocycles. The van der Waals surface area contributed by atoms with Crippen molar-refractivity contribution in [2.24, 2.45) is 5.92 Å². The lowest BCUT2D eigenvalue weighted by Crippen LogP contribution is -2.35. The van der Waals surface area contributed by atoms with E-state index in [4.69, 9.17) is 4.42 Å². The van der Waals surface area contributed by atoms with Crippen molar-refractivity contribution in [3.8, 4) is 0 Å². The first kappa shape index (κ1) is 16.9. The number of nitrogens with zero attached hydrogens (tertiary/aromatic N) is 1. The Kier molecular flexibility index (Phi) is 4.78. The Bertz CT molecular complexity index is 792. The minimum atomic E-state index is -0.0858. The van der Waals surface area contributed by atoms with E-state index in [9.17, 15) is 9.59 Å². The molecule has 5 nitrogen and oxygen atoms in total. The summed E-state index contributed by atoms with van der Waals surface area (Å²) in [5.74, 6) is 0.549. The summed E-state index contributed by atoms with van der Waals surface area (Å²) in [4.78, 5) is 26.8. The third kappa shape index (κ3) is 3.52.